The number of carbonyl (C=O) groups is 1. The molecule has 32 heavy (non-hydrogen) atoms. The Morgan fingerprint density at radius 3 is 2.88 bits per heavy atom. The smallest absolute Gasteiger partial charge is 0.348 e. The average Bonchev–Trinajstić information content (AvgIpc) is 3.33. The fourth-order valence-corrected chi connectivity index (χ4v) is 4.94. The molecule has 0 saturated carbocycles. The third-order valence-electron chi connectivity index (χ3n) is 4.83. The fourth-order valence-electron chi connectivity index (χ4n) is 3.34. The standard InChI is InChI=1S/C22H14BrClN4O3S/c1-12-17-9-18(32-21(17)28(26-12)16-4-2-3-14(24)7-16)22(30)31-11-15-8-20(29)27-10-13(23)5-6-19(27)25-15/h2-10H,11H2,1H3. The van der Waals surface area contributed by atoms with E-state index in [0.717, 1.165) is 26.1 Å². The Kier molecular flexibility index (Phi) is 5.32. The van der Waals surface area contributed by atoms with Crippen molar-refractivity contribution >= 4 is 60.7 Å². The number of ether oxygens (including phenoxy) is 1. The molecule has 0 atom stereocenters. The van der Waals surface area contributed by atoms with Crippen LogP contribution in [0.3, 0.4) is 0 Å². The number of thiophene rings is 1. The molecule has 7 nitrogen and oxygen atoms in total. The van der Waals surface area contributed by atoms with Crippen molar-refractivity contribution in [3.63, 3.8) is 0 Å². The van der Waals surface area contributed by atoms with Crippen LogP contribution in [-0.2, 0) is 11.3 Å². The SMILES string of the molecule is Cc1nn(-c2cccc(Cl)c2)c2sc(C(=O)OCc3cc(=O)n4cc(Br)ccc4n3)cc12. The summed E-state index contributed by atoms with van der Waals surface area (Å²) in [7, 11) is 0. The number of hydrogen-bond donors (Lipinski definition) is 0. The highest BCUT2D eigenvalue weighted by Crippen LogP contribution is 2.31. The summed E-state index contributed by atoms with van der Waals surface area (Å²) < 4.78 is 9.40. The molecular formula is C22H14BrClN4O3S. The van der Waals surface area contributed by atoms with Crippen LogP contribution in [0.25, 0.3) is 21.6 Å². The zero-order valence-corrected chi connectivity index (χ0v) is 19.7. The third-order valence-corrected chi connectivity index (χ3v) is 6.62. The average molecular weight is 530 g/mol. The first-order chi connectivity index (χ1) is 15.4. The monoisotopic (exact) mass is 528 g/mol. The van der Waals surface area contributed by atoms with Crippen LogP contribution in [0.2, 0.25) is 5.02 Å². The second kappa shape index (κ2) is 8.16. The van der Waals surface area contributed by atoms with E-state index < -0.39 is 5.97 Å². The van der Waals surface area contributed by atoms with Crippen molar-refractivity contribution in [3.05, 3.63) is 90.8 Å². The number of aryl methyl sites for hydroxylation is 1. The van der Waals surface area contributed by atoms with E-state index in [1.165, 1.54) is 21.8 Å². The van der Waals surface area contributed by atoms with Crippen LogP contribution in [-0.4, -0.2) is 25.1 Å². The summed E-state index contributed by atoms with van der Waals surface area (Å²) in [6, 6.07) is 14.0. The highest BCUT2D eigenvalue weighted by atomic mass is 79.9. The van der Waals surface area contributed by atoms with Crippen LogP contribution in [0.4, 0.5) is 0 Å². The Hall–Kier alpha value is -3.01. The largest absolute Gasteiger partial charge is 0.455 e. The van der Waals surface area contributed by atoms with Crippen LogP contribution in [0.1, 0.15) is 21.1 Å². The Morgan fingerprint density at radius 2 is 2.06 bits per heavy atom. The van der Waals surface area contributed by atoms with Crippen molar-refractivity contribution in [3.8, 4) is 5.69 Å². The number of rotatable bonds is 4. The number of nitrogens with zero attached hydrogens (tertiary/aromatic N) is 4. The first-order valence-electron chi connectivity index (χ1n) is 9.49. The lowest BCUT2D eigenvalue weighted by Gasteiger charge is -2.06. The third kappa shape index (κ3) is 3.83. The molecule has 4 aromatic heterocycles. The van der Waals surface area contributed by atoms with Crippen molar-refractivity contribution in [2.45, 2.75) is 13.5 Å². The summed E-state index contributed by atoms with van der Waals surface area (Å²) in [5.41, 5.74) is 2.22. The van der Waals surface area contributed by atoms with Gasteiger partial charge < -0.3 is 4.74 Å². The number of esters is 1. The summed E-state index contributed by atoms with van der Waals surface area (Å²) >= 11 is 10.7. The number of benzene rings is 1. The lowest BCUT2D eigenvalue weighted by Crippen LogP contribution is -2.16. The zero-order chi connectivity index (χ0) is 22.4. The van der Waals surface area contributed by atoms with Gasteiger partial charge in [0, 0.05) is 27.1 Å². The molecule has 0 bridgehead atoms. The maximum absolute atomic E-state index is 12.7. The molecule has 5 aromatic rings. The van der Waals surface area contributed by atoms with Gasteiger partial charge in [0.15, 0.2) is 0 Å². The van der Waals surface area contributed by atoms with Crippen LogP contribution in [0.5, 0.6) is 0 Å². The molecular weight excluding hydrogens is 516 g/mol. The topological polar surface area (TPSA) is 78.5 Å². The molecule has 0 fully saturated rings. The number of halogens is 2. The van der Waals surface area contributed by atoms with Gasteiger partial charge in [0.05, 0.1) is 17.1 Å². The van der Waals surface area contributed by atoms with Gasteiger partial charge in [-0.05, 0) is 59.3 Å². The minimum absolute atomic E-state index is 0.103. The number of aromatic nitrogens is 4. The lowest BCUT2D eigenvalue weighted by atomic mass is 10.3. The van der Waals surface area contributed by atoms with Crippen LogP contribution in [0, 0.1) is 6.92 Å². The molecule has 5 rings (SSSR count). The summed E-state index contributed by atoms with van der Waals surface area (Å²) in [6.45, 7) is 1.78. The molecule has 0 N–H and O–H groups in total. The first-order valence-corrected chi connectivity index (χ1v) is 11.5. The van der Waals surface area contributed by atoms with Crippen LogP contribution < -0.4 is 5.56 Å². The quantitative estimate of drug-likeness (QED) is 0.300. The van der Waals surface area contributed by atoms with Crippen LogP contribution >= 0.6 is 38.9 Å². The summed E-state index contributed by atoms with van der Waals surface area (Å²) in [5.74, 6) is -0.485. The van der Waals surface area contributed by atoms with E-state index in [1.807, 2.05) is 25.1 Å². The minimum Gasteiger partial charge on any atom is -0.455 e. The number of pyridine rings is 1. The maximum Gasteiger partial charge on any atom is 0.348 e. The molecule has 0 amide bonds. The van der Waals surface area contributed by atoms with E-state index in [2.05, 4.69) is 26.0 Å². The van der Waals surface area contributed by atoms with Crippen molar-refractivity contribution < 1.29 is 9.53 Å². The van der Waals surface area contributed by atoms with E-state index in [-0.39, 0.29) is 12.2 Å². The van der Waals surface area contributed by atoms with Gasteiger partial charge in [-0.2, -0.15) is 5.10 Å². The second-order valence-electron chi connectivity index (χ2n) is 7.04. The molecule has 0 unspecified atom stereocenters. The lowest BCUT2D eigenvalue weighted by molar-refractivity contribution is 0.0473. The van der Waals surface area contributed by atoms with Gasteiger partial charge >= 0.3 is 5.97 Å². The second-order valence-corrected chi connectivity index (χ2v) is 9.43. The van der Waals surface area contributed by atoms with E-state index in [4.69, 9.17) is 16.3 Å². The molecule has 0 aliphatic carbocycles. The van der Waals surface area contributed by atoms with Gasteiger partial charge in [0.2, 0.25) is 0 Å². The first kappa shape index (κ1) is 20.9. The van der Waals surface area contributed by atoms with Crippen molar-refractivity contribution in [1.82, 2.24) is 19.2 Å². The summed E-state index contributed by atoms with van der Waals surface area (Å²) in [6.07, 6.45) is 1.64. The molecule has 4 heterocycles. The maximum atomic E-state index is 12.7. The zero-order valence-electron chi connectivity index (χ0n) is 16.6. The van der Waals surface area contributed by atoms with Gasteiger partial charge in [0.25, 0.3) is 5.56 Å². The van der Waals surface area contributed by atoms with E-state index in [0.29, 0.717) is 21.2 Å². The van der Waals surface area contributed by atoms with E-state index in [1.54, 1.807) is 35.1 Å². The molecule has 160 valence electrons. The minimum atomic E-state index is -0.485. The molecule has 10 heteroatoms. The molecule has 0 aliphatic rings. The Bertz CT molecular complexity index is 1570. The Labute approximate surface area is 199 Å². The predicted molar refractivity (Wildman–Crippen MR) is 127 cm³/mol. The van der Waals surface area contributed by atoms with Gasteiger partial charge in [-0.1, -0.05) is 17.7 Å². The molecule has 0 aliphatic heterocycles. The Balaban J connectivity index is 1.41. The van der Waals surface area contributed by atoms with E-state index >= 15 is 0 Å². The van der Waals surface area contributed by atoms with Gasteiger partial charge in [-0.3, -0.25) is 9.20 Å². The number of hydrogen-bond acceptors (Lipinski definition) is 6. The highest BCUT2D eigenvalue weighted by Gasteiger charge is 2.18. The number of carbonyl (C=O) groups excluding carboxylic acids is 1. The van der Waals surface area contributed by atoms with Gasteiger partial charge in [-0.15, -0.1) is 11.3 Å². The van der Waals surface area contributed by atoms with Gasteiger partial charge in [0.1, 0.15) is 22.0 Å². The van der Waals surface area contributed by atoms with Crippen molar-refractivity contribution in [2.75, 3.05) is 0 Å². The van der Waals surface area contributed by atoms with Gasteiger partial charge in [-0.25, -0.2) is 14.5 Å². The summed E-state index contributed by atoms with van der Waals surface area (Å²) in [4.78, 5) is 30.7. The molecule has 0 saturated heterocycles. The van der Waals surface area contributed by atoms with Crippen molar-refractivity contribution in [1.29, 1.82) is 0 Å². The van der Waals surface area contributed by atoms with Crippen molar-refractivity contribution in [2.24, 2.45) is 0 Å². The fraction of sp³-hybridized carbons (Fsp3) is 0.0909. The van der Waals surface area contributed by atoms with E-state index in [9.17, 15) is 9.59 Å². The van der Waals surface area contributed by atoms with Crippen LogP contribution in [0.15, 0.2) is 64.0 Å². The summed E-state index contributed by atoms with van der Waals surface area (Å²) in [5, 5.41) is 6.04. The highest BCUT2D eigenvalue weighted by molar-refractivity contribution is 9.10. The number of fused-ring (bicyclic) bond motifs is 2. The normalized spacial score (nSPS) is 11.3. The molecule has 0 spiro atoms. The molecule has 0 radical (unpaired) electrons. The Morgan fingerprint density at radius 1 is 1.22 bits per heavy atom. The predicted octanol–water partition coefficient (Wildman–Crippen LogP) is 5.18. The molecule has 1 aromatic carbocycles.